The summed E-state index contributed by atoms with van der Waals surface area (Å²) in [6.07, 6.45) is 5.59. The van der Waals surface area contributed by atoms with Crippen molar-refractivity contribution in [2.75, 3.05) is 5.73 Å². The molecule has 5 heteroatoms. The van der Waals surface area contributed by atoms with Gasteiger partial charge in [-0.25, -0.2) is 5.10 Å². The molecule has 4 nitrogen and oxygen atoms in total. The van der Waals surface area contributed by atoms with Crippen molar-refractivity contribution >= 4 is 18.2 Å². The third kappa shape index (κ3) is 1.41. The Labute approximate surface area is 100 Å². The summed E-state index contributed by atoms with van der Waals surface area (Å²) in [5.41, 5.74) is 5.86. The van der Waals surface area contributed by atoms with E-state index >= 15 is 0 Å². The molecule has 1 aromatic heterocycles. The van der Waals surface area contributed by atoms with Gasteiger partial charge in [0.1, 0.15) is 0 Å². The minimum absolute atomic E-state index is 0.390. The Kier molecular flexibility index (Phi) is 2.31. The Morgan fingerprint density at radius 2 is 2.31 bits per heavy atom. The predicted molar refractivity (Wildman–Crippen MR) is 65.5 cm³/mol. The zero-order valence-electron chi connectivity index (χ0n) is 9.52. The second kappa shape index (κ2) is 3.58. The summed E-state index contributed by atoms with van der Waals surface area (Å²) in [6.45, 7) is 2.23. The third-order valence-electron chi connectivity index (χ3n) is 4.55. The van der Waals surface area contributed by atoms with Crippen molar-refractivity contribution in [3.63, 3.8) is 0 Å². The van der Waals surface area contributed by atoms with Gasteiger partial charge < -0.3 is 5.73 Å². The zero-order valence-corrected chi connectivity index (χ0v) is 10.3. The summed E-state index contributed by atoms with van der Waals surface area (Å²) in [5.74, 6) is 3.11. The number of nitrogens with one attached hydrogen (secondary N) is 1. The number of nitrogens with zero attached hydrogens (tertiary/aromatic N) is 2. The first-order chi connectivity index (χ1) is 7.66. The number of rotatable bonds is 2. The van der Waals surface area contributed by atoms with Crippen molar-refractivity contribution in [2.24, 2.45) is 17.8 Å². The molecule has 1 heterocycles. The van der Waals surface area contributed by atoms with E-state index in [0.717, 1.165) is 17.8 Å². The average Bonchev–Trinajstić information content (AvgIpc) is 2.93. The highest BCUT2D eigenvalue weighted by atomic mass is 32.1. The number of nitrogens with two attached hydrogens (primary N) is 1. The number of H-pyrrole nitrogens is 1. The Morgan fingerprint density at radius 1 is 1.50 bits per heavy atom. The summed E-state index contributed by atoms with van der Waals surface area (Å²) < 4.78 is 2.65. The van der Waals surface area contributed by atoms with Crippen molar-refractivity contribution in [2.45, 2.75) is 38.6 Å². The smallest absolute Gasteiger partial charge is 0.220 e. The average molecular weight is 238 g/mol. The maximum absolute atomic E-state index is 5.86. The molecule has 0 saturated heterocycles. The summed E-state index contributed by atoms with van der Waals surface area (Å²) in [7, 11) is 0. The minimum Gasteiger partial charge on any atom is -0.368 e. The lowest BCUT2D eigenvalue weighted by Gasteiger charge is -2.28. The topological polar surface area (TPSA) is 59.6 Å². The number of aromatic amines is 1. The van der Waals surface area contributed by atoms with Crippen LogP contribution in [0.2, 0.25) is 0 Å². The van der Waals surface area contributed by atoms with E-state index in [-0.39, 0.29) is 0 Å². The molecule has 4 atom stereocenters. The number of anilines is 1. The molecule has 2 aliphatic rings. The van der Waals surface area contributed by atoms with Gasteiger partial charge in [-0.3, -0.25) is 4.57 Å². The highest BCUT2D eigenvalue weighted by molar-refractivity contribution is 7.71. The SMILES string of the molecule is CC(C1CC2CCC1C2)n1c(N)n[nH]c1=S. The van der Waals surface area contributed by atoms with Gasteiger partial charge in [0.05, 0.1) is 0 Å². The lowest BCUT2D eigenvalue weighted by atomic mass is 9.84. The van der Waals surface area contributed by atoms with Crippen molar-refractivity contribution in [1.29, 1.82) is 0 Å². The van der Waals surface area contributed by atoms with Crippen molar-refractivity contribution in [3.8, 4) is 0 Å². The van der Waals surface area contributed by atoms with Gasteiger partial charge in [0.25, 0.3) is 0 Å². The second-order valence-electron chi connectivity index (χ2n) is 5.34. The van der Waals surface area contributed by atoms with Gasteiger partial charge in [-0.15, -0.1) is 5.10 Å². The molecule has 4 unspecified atom stereocenters. The fourth-order valence-electron chi connectivity index (χ4n) is 3.79. The van der Waals surface area contributed by atoms with Crippen LogP contribution in [0.15, 0.2) is 0 Å². The summed E-state index contributed by atoms with van der Waals surface area (Å²) in [6, 6.07) is 0.390. The summed E-state index contributed by atoms with van der Waals surface area (Å²) in [5, 5.41) is 6.77. The number of nitrogen functional groups attached to an aromatic ring is 1. The monoisotopic (exact) mass is 238 g/mol. The molecular formula is C11H18N4S. The molecule has 0 aromatic carbocycles. The van der Waals surface area contributed by atoms with Crippen LogP contribution in [-0.2, 0) is 0 Å². The van der Waals surface area contributed by atoms with E-state index in [1.54, 1.807) is 0 Å². The Morgan fingerprint density at radius 3 is 2.81 bits per heavy atom. The van der Waals surface area contributed by atoms with Gasteiger partial charge in [-0.1, -0.05) is 6.42 Å². The van der Waals surface area contributed by atoms with E-state index < -0.39 is 0 Å². The van der Waals surface area contributed by atoms with E-state index in [2.05, 4.69) is 17.1 Å². The molecule has 88 valence electrons. The van der Waals surface area contributed by atoms with Crippen LogP contribution in [-0.4, -0.2) is 14.8 Å². The van der Waals surface area contributed by atoms with Crippen LogP contribution in [0.5, 0.6) is 0 Å². The van der Waals surface area contributed by atoms with E-state index in [1.165, 1.54) is 25.7 Å². The van der Waals surface area contributed by atoms with Gasteiger partial charge >= 0.3 is 0 Å². The van der Waals surface area contributed by atoms with Crippen LogP contribution in [0.1, 0.15) is 38.6 Å². The maximum atomic E-state index is 5.86. The molecule has 2 fully saturated rings. The first-order valence-corrected chi connectivity index (χ1v) is 6.50. The molecule has 3 rings (SSSR count). The molecule has 2 saturated carbocycles. The Balaban J connectivity index is 1.88. The lowest BCUT2D eigenvalue weighted by molar-refractivity contribution is 0.243. The molecular weight excluding hydrogens is 220 g/mol. The molecule has 16 heavy (non-hydrogen) atoms. The van der Waals surface area contributed by atoms with Crippen molar-refractivity contribution < 1.29 is 0 Å². The molecule has 0 amide bonds. The molecule has 0 aliphatic heterocycles. The number of fused-ring (bicyclic) bond motifs is 2. The highest BCUT2D eigenvalue weighted by Crippen LogP contribution is 2.52. The van der Waals surface area contributed by atoms with E-state index in [0.29, 0.717) is 16.8 Å². The first kappa shape index (κ1) is 10.3. The van der Waals surface area contributed by atoms with Gasteiger partial charge in [-0.2, -0.15) is 0 Å². The predicted octanol–water partition coefficient (Wildman–Crippen LogP) is 2.52. The van der Waals surface area contributed by atoms with Crippen LogP contribution >= 0.6 is 12.2 Å². The standard InChI is InChI=1S/C11H18N4S/c1-6(15-10(12)13-14-11(15)16)9-5-7-2-3-8(9)4-7/h6-9H,2-5H2,1H3,(H2,12,13)(H,14,16). The van der Waals surface area contributed by atoms with E-state index in [9.17, 15) is 0 Å². The zero-order chi connectivity index (χ0) is 11.3. The summed E-state index contributed by atoms with van der Waals surface area (Å²) >= 11 is 5.24. The van der Waals surface area contributed by atoms with Gasteiger partial charge in [0.15, 0.2) is 4.77 Å². The number of hydrogen-bond acceptors (Lipinski definition) is 3. The molecule has 3 N–H and O–H groups in total. The quantitative estimate of drug-likeness (QED) is 0.778. The summed E-state index contributed by atoms with van der Waals surface area (Å²) in [4.78, 5) is 0. The van der Waals surface area contributed by atoms with Crippen LogP contribution in [0.25, 0.3) is 0 Å². The molecule has 2 aliphatic carbocycles. The minimum atomic E-state index is 0.390. The number of aromatic nitrogens is 3. The van der Waals surface area contributed by atoms with Crippen LogP contribution in [0.4, 0.5) is 5.95 Å². The van der Waals surface area contributed by atoms with Gasteiger partial charge in [0.2, 0.25) is 5.95 Å². The second-order valence-corrected chi connectivity index (χ2v) is 5.72. The molecule has 1 aromatic rings. The molecule has 0 spiro atoms. The highest BCUT2D eigenvalue weighted by Gasteiger charge is 2.42. The van der Waals surface area contributed by atoms with Crippen LogP contribution in [0.3, 0.4) is 0 Å². The van der Waals surface area contributed by atoms with E-state index in [1.807, 2.05) is 4.57 Å². The van der Waals surface area contributed by atoms with Crippen molar-refractivity contribution in [1.82, 2.24) is 14.8 Å². The van der Waals surface area contributed by atoms with E-state index in [4.69, 9.17) is 18.0 Å². The Bertz CT molecular complexity index is 449. The van der Waals surface area contributed by atoms with Crippen molar-refractivity contribution in [3.05, 3.63) is 4.77 Å². The van der Waals surface area contributed by atoms with Gasteiger partial charge in [-0.05, 0) is 56.2 Å². The normalized spacial score (nSPS) is 34.4. The maximum Gasteiger partial charge on any atom is 0.220 e. The van der Waals surface area contributed by atoms with Crippen LogP contribution in [0, 0.1) is 22.5 Å². The molecule has 0 radical (unpaired) electrons. The first-order valence-electron chi connectivity index (χ1n) is 6.09. The van der Waals surface area contributed by atoms with Gasteiger partial charge in [0, 0.05) is 6.04 Å². The Hall–Kier alpha value is -0.840. The van der Waals surface area contributed by atoms with Crippen LogP contribution < -0.4 is 5.73 Å². The fourth-order valence-corrected chi connectivity index (χ4v) is 4.09. The lowest BCUT2D eigenvalue weighted by Crippen LogP contribution is -2.23. The third-order valence-corrected chi connectivity index (χ3v) is 4.84. The largest absolute Gasteiger partial charge is 0.368 e. The number of hydrogen-bond donors (Lipinski definition) is 2. The fraction of sp³-hybridized carbons (Fsp3) is 0.818. The molecule has 2 bridgehead atoms.